The van der Waals surface area contributed by atoms with Crippen molar-refractivity contribution >= 4 is 10.8 Å². The summed E-state index contributed by atoms with van der Waals surface area (Å²) in [6, 6.07) is 19.9. The third-order valence-corrected chi connectivity index (χ3v) is 8.46. The largest absolute Gasteiger partial charge is 0.392 e. The van der Waals surface area contributed by atoms with Gasteiger partial charge < -0.3 is 15.2 Å². The van der Waals surface area contributed by atoms with Crippen LogP contribution in [0.2, 0.25) is 0 Å². The smallest absolute Gasteiger partial charge is 0.0646 e. The Morgan fingerprint density at radius 2 is 1.67 bits per heavy atom. The summed E-state index contributed by atoms with van der Waals surface area (Å²) in [5, 5.41) is 23.4. The molecule has 3 nitrogen and oxygen atoms in total. The summed E-state index contributed by atoms with van der Waals surface area (Å²) in [4.78, 5) is 4.52. The van der Waals surface area contributed by atoms with E-state index in [0.29, 0.717) is 11.8 Å². The van der Waals surface area contributed by atoms with Gasteiger partial charge in [0.2, 0.25) is 0 Å². The maximum atomic E-state index is 10.5. The number of hydrogen-bond donors (Lipinski definition) is 2. The molecule has 1 radical (unpaired) electrons. The second-order valence-corrected chi connectivity index (χ2v) is 12.4. The van der Waals surface area contributed by atoms with Crippen LogP contribution >= 0.6 is 0 Å². The summed E-state index contributed by atoms with van der Waals surface area (Å²) in [5.41, 5.74) is 3.32. The molecule has 5 rings (SSSR count). The van der Waals surface area contributed by atoms with Crippen LogP contribution in [-0.4, -0.2) is 27.4 Å². The van der Waals surface area contributed by atoms with E-state index in [1.165, 1.54) is 29.2 Å². The molecule has 1 heterocycles. The van der Waals surface area contributed by atoms with Gasteiger partial charge >= 0.3 is 0 Å². The van der Waals surface area contributed by atoms with Gasteiger partial charge in [-0.25, -0.2) is 0 Å². The first-order valence-corrected chi connectivity index (χ1v) is 13.2. The van der Waals surface area contributed by atoms with Crippen LogP contribution in [0.5, 0.6) is 0 Å². The van der Waals surface area contributed by atoms with E-state index in [4.69, 9.17) is 0 Å². The first kappa shape index (κ1) is 29.0. The molecule has 2 saturated carbocycles. The van der Waals surface area contributed by atoms with E-state index in [0.717, 1.165) is 24.1 Å². The van der Waals surface area contributed by atoms with E-state index in [-0.39, 0.29) is 49.1 Å². The number of fused-ring (bicyclic) bond motifs is 2. The third kappa shape index (κ3) is 6.10. The number of hydrogen-bond acceptors (Lipinski definition) is 3. The predicted octanol–water partition coefficient (Wildman–Crippen LogP) is 7.40. The molecule has 4 heteroatoms. The van der Waals surface area contributed by atoms with Crippen LogP contribution in [0.4, 0.5) is 0 Å². The first-order valence-electron chi connectivity index (χ1n) is 13.2. The van der Waals surface area contributed by atoms with Crippen molar-refractivity contribution in [2.75, 3.05) is 0 Å². The molecule has 1 aromatic heterocycles. The normalized spacial score (nSPS) is 26.4. The fraction of sp³-hybridized carbons (Fsp3) is 0.531. The van der Waals surface area contributed by atoms with E-state index in [9.17, 15) is 10.2 Å². The Hall–Kier alpha value is -1.58. The number of rotatable bonds is 2. The van der Waals surface area contributed by atoms with Gasteiger partial charge in [-0.2, -0.15) is 0 Å². The van der Waals surface area contributed by atoms with Gasteiger partial charge in [-0.1, -0.05) is 72.2 Å². The first-order chi connectivity index (χ1) is 16.5. The molecule has 0 saturated heterocycles. The van der Waals surface area contributed by atoms with E-state index in [1.807, 2.05) is 30.5 Å². The van der Waals surface area contributed by atoms with Crippen LogP contribution < -0.4 is 0 Å². The number of aliphatic hydroxyl groups excluding tert-OH is 2. The monoisotopic (exact) mass is 665 g/mol. The molecule has 36 heavy (non-hydrogen) atoms. The molecule has 0 bridgehead atoms. The maximum Gasteiger partial charge on any atom is 0.0646 e. The zero-order valence-corrected chi connectivity index (χ0v) is 25.0. The van der Waals surface area contributed by atoms with Crippen LogP contribution in [0.3, 0.4) is 0 Å². The predicted molar refractivity (Wildman–Crippen MR) is 145 cm³/mol. The average Bonchev–Trinajstić information content (AvgIpc) is 2.99. The number of aliphatic hydroxyl groups is 2. The fourth-order valence-electron chi connectivity index (χ4n) is 6.14. The Labute approximate surface area is 231 Å². The van der Waals surface area contributed by atoms with Crippen LogP contribution in [0.15, 0.2) is 54.7 Å². The van der Waals surface area contributed by atoms with Gasteiger partial charge in [0.05, 0.1) is 12.2 Å². The van der Waals surface area contributed by atoms with Crippen molar-refractivity contribution in [3.05, 3.63) is 66.4 Å². The van der Waals surface area contributed by atoms with Crippen LogP contribution in [0.1, 0.15) is 78.7 Å². The molecule has 0 aliphatic heterocycles. The molecule has 2 N–H and O–H groups in total. The topological polar surface area (TPSA) is 53.4 Å². The van der Waals surface area contributed by atoms with Crippen molar-refractivity contribution in [2.45, 2.75) is 85.4 Å². The average molecular weight is 665 g/mol. The molecule has 2 aliphatic carbocycles. The summed E-state index contributed by atoms with van der Waals surface area (Å²) in [5.74, 6) is 1.15. The number of aromatic nitrogens is 1. The Bertz CT molecular complexity index is 1140. The molecular formula is C32H42IrNO2-. The molecule has 4 unspecified atom stereocenters. The molecule has 197 valence electrons. The minimum Gasteiger partial charge on any atom is -0.392 e. The summed E-state index contributed by atoms with van der Waals surface area (Å²) < 4.78 is 0. The zero-order valence-electron chi connectivity index (χ0n) is 22.6. The summed E-state index contributed by atoms with van der Waals surface area (Å²) in [6.45, 7) is 13.0. The van der Waals surface area contributed by atoms with Crippen molar-refractivity contribution < 1.29 is 30.3 Å². The van der Waals surface area contributed by atoms with E-state index >= 15 is 0 Å². The Kier molecular flexibility index (Phi) is 9.21. The SMILES string of the molecule is CC(C)c1ccc2cnc(-c3[c-]cccc3)cc2c1.CC1(C)CCCC2CC(C)(C)C(O)C2C1O.[Ir]. The van der Waals surface area contributed by atoms with Crippen molar-refractivity contribution in [3.63, 3.8) is 0 Å². The second kappa shape index (κ2) is 11.4. The van der Waals surface area contributed by atoms with Gasteiger partial charge in [0, 0.05) is 32.2 Å². The van der Waals surface area contributed by atoms with Crippen molar-refractivity contribution in [1.82, 2.24) is 4.98 Å². The van der Waals surface area contributed by atoms with Gasteiger partial charge in [-0.05, 0) is 64.0 Å². The van der Waals surface area contributed by atoms with Gasteiger partial charge in [0.25, 0.3) is 0 Å². The van der Waals surface area contributed by atoms with Gasteiger partial charge in [-0.15, -0.1) is 35.9 Å². The van der Waals surface area contributed by atoms with Crippen molar-refractivity contribution in [3.8, 4) is 11.3 Å². The number of nitrogens with zero attached hydrogens (tertiary/aromatic N) is 1. The number of benzene rings is 2. The Morgan fingerprint density at radius 1 is 0.944 bits per heavy atom. The molecule has 3 aromatic rings. The molecule has 2 fully saturated rings. The molecule has 4 atom stereocenters. The molecule has 2 aliphatic rings. The molecule has 0 spiro atoms. The maximum absolute atomic E-state index is 10.5. The summed E-state index contributed by atoms with van der Waals surface area (Å²) in [7, 11) is 0. The third-order valence-electron chi connectivity index (χ3n) is 8.46. The van der Waals surface area contributed by atoms with Gasteiger partial charge in [-0.3, -0.25) is 0 Å². The summed E-state index contributed by atoms with van der Waals surface area (Å²) >= 11 is 0. The Balaban J connectivity index is 0.000000198. The van der Waals surface area contributed by atoms with E-state index in [2.05, 4.69) is 76.9 Å². The summed E-state index contributed by atoms with van der Waals surface area (Å²) in [6.07, 6.45) is 5.75. The van der Waals surface area contributed by atoms with Crippen molar-refractivity contribution in [1.29, 1.82) is 0 Å². The van der Waals surface area contributed by atoms with E-state index in [1.54, 1.807) is 0 Å². The van der Waals surface area contributed by atoms with Gasteiger partial charge in [0.1, 0.15) is 0 Å². The van der Waals surface area contributed by atoms with Crippen molar-refractivity contribution in [2.24, 2.45) is 22.7 Å². The minimum absolute atomic E-state index is 0. The quantitative estimate of drug-likeness (QED) is 0.281. The molecule has 2 aromatic carbocycles. The van der Waals surface area contributed by atoms with Crippen LogP contribution in [-0.2, 0) is 20.1 Å². The van der Waals surface area contributed by atoms with Crippen LogP contribution in [0.25, 0.3) is 22.0 Å². The molecular weight excluding hydrogens is 623 g/mol. The fourth-order valence-corrected chi connectivity index (χ4v) is 6.14. The van der Waals surface area contributed by atoms with E-state index < -0.39 is 0 Å². The second-order valence-electron chi connectivity index (χ2n) is 12.4. The number of pyridine rings is 1. The molecule has 0 amide bonds. The zero-order chi connectivity index (χ0) is 25.4. The van der Waals surface area contributed by atoms with Gasteiger partial charge in [0.15, 0.2) is 0 Å². The Morgan fingerprint density at radius 3 is 2.33 bits per heavy atom. The van der Waals surface area contributed by atoms with Crippen LogP contribution in [0, 0.1) is 28.7 Å². The standard InChI is InChI=1S/C18H16N.C14H26O2.Ir/c1-13(2)15-8-9-16-12-19-18(11-17(16)10-15)14-6-4-3-5-7-14;1-13(2)7-5-6-9-8-14(3,4)12(16)10(9)11(13)15;/h3-6,8-13H,1-2H3;9-12,15-16H,5-8H2,1-4H3;/q-1;;. The minimum atomic E-state index is -0.350.